The molecule has 0 spiro atoms. The van der Waals surface area contributed by atoms with E-state index >= 15 is 0 Å². The lowest BCUT2D eigenvalue weighted by molar-refractivity contribution is 0.0947. The van der Waals surface area contributed by atoms with Crippen LogP contribution in [0.3, 0.4) is 0 Å². The molecule has 0 aliphatic heterocycles. The van der Waals surface area contributed by atoms with Crippen LogP contribution in [-0.4, -0.2) is 16.1 Å². The molecule has 1 aromatic carbocycles. The molecule has 19 heavy (non-hydrogen) atoms. The summed E-state index contributed by atoms with van der Waals surface area (Å²) in [5, 5.41) is 10.3. The Labute approximate surface area is 109 Å². The van der Waals surface area contributed by atoms with Crippen LogP contribution in [0, 0.1) is 5.82 Å². The summed E-state index contributed by atoms with van der Waals surface area (Å²) in [7, 11) is 0. The molecule has 0 aliphatic carbocycles. The summed E-state index contributed by atoms with van der Waals surface area (Å²) in [5.41, 5.74) is 0.380. The molecule has 0 saturated carbocycles. The van der Waals surface area contributed by atoms with Gasteiger partial charge in [-0.1, -0.05) is 13.8 Å². The third kappa shape index (κ3) is 3.37. The van der Waals surface area contributed by atoms with Gasteiger partial charge in [-0.3, -0.25) is 4.79 Å². The molecular formula is C13H14FN3O2. The van der Waals surface area contributed by atoms with Crippen LogP contribution in [0.4, 0.5) is 4.39 Å². The summed E-state index contributed by atoms with van der Waals surface area (Å²) < 4.78 is 18.1. The Morgan fingerprint density at radius 3 is 2.58 bits per heavy atom. The molecule has 1 heterocycles. The van der Waals surface area contributed by atoms with Crippen molar-refractivity contribution < 1.29 is 13.6 Å². The average molecular weight is 263 g/mol. The second kappa shape index (κ2) is 5.60. The number of nitrogens with one attached hydrogen (secondary N) is 1. The number of carbonyl (C=O) groups excluding carboxylic acids is 1. The number of rotatable bonds is 4. The molecule has 100 valence electrons. The summed E-state index contributed by atoms with van der Waals surface area (Å²) in [6.07, 6.45) is 0. The van der Waals surface area contributed by atoms with E-state index in [1.54, 1.807) is 0 Å². The Morgan fingerprint density at radius 2 is 2.00 bits per heavy atom. The van der Waals surface area contributed by atoms with Crippen LogP contribution >= 0.6 is 0 Å². The molecule has 0 atom stereocenters. The number of hydrogen-bond acceptors (Lipinski definition) is 4. The van der Waals surface area contributed by atoms with Gasteiger partial charge in [0.2, 0.25) is 11.8 Å². The average Bonchev–Trinajstić information content (AvgIpc) is 2.86. The van der Waals surface area contributed by atoms with Crippen LogP contribution in [0.1, 0.15) is 41.9 Å². The van der Waals surface area contributed by atoms with Crippen molar-refractivity contribution in [3.8, 4) is 0 Å². The number of nitrogens with zero attached hydrogens (tertiary/aromatic N) is 2. The van der Waals surface area contributed by atoms with Gasteiger partial charge in [0.25, 0.3) is 5.91 Å². The maximum absolute atomic E-state index is 12.7. The Hall–Kier alpha value is -2.24. The van der Waals surface area contributed by atoms with Gasteiger partial charge in [0.15, 0.2) is 0 Å². The van der Waals surface area contributed by atoms with E-state index < -0.39 is 0 Å². The van der Waals surface area contributed by atoms with Gasteiger partial charge in [-0.15, -0.1) is 10.2 Å². The molecule has 0 bridgehead atoms. The van der Waals surface area contributed by atoms with Gasteiger partial charge >= 0.3 is 0 Å². The largest absolute Gasteiger partial charge is 0.423 e. The first-order chi connectivity index (χ1) is 9.06. The Morgan fingerprint density at radius 1 is 1.32 bits per heavy atom. The van der Waals surface area contributed by atoms with Crippen molar-refractivity contribution in [2.75, 3.05) is 0 Å². The van der Waals surface area contributed by atoms with E-state index in [9.17, 15) is 9.18 Å². The van der Waals surface area contributed by atoms with Crippen LogP contribution in [0.25, 0.3) is 0 Å². The minimum atomic E-state index is -0.380. The Balaban J connectivity index is 1.94. The standard InChI is InChI=1S/C13H14FN3O2/c1-8(2)13-17-16-11(19-13)7-15-12(18)9-3-5-10(14)6-4-9/h3-6,8H,7H2,1-2H3,(H,15,18). The highest BCUT2D eigenvalue weighted by molar-refractivity contribution is 5.93. The number of hydrogen-bond donors (Lipinski definition) is 1. The molecule has 2 rings (SSSR count). The van der Waals surface area contributed by atoms with E-state index in [0.29, 0.717) is 17.3 Å². The van der Waals surface area contributed by atoms with E-state index in [1.165, 1.54) is 24.3 Å². The number of amides is 1. The van der Waals surface area contributed by atoms with E-state index in [2.05, 4.69) is 15.5 Å². The molecular weight excluding hydrogens is 249 g/mol. The third-order valence-electron chi connectivity index (χ3n) is 2.48. The fourth-order valence-corrected chi connectivity index (χ4v) is 1.43. The molecule has 5 nitrogen and oxygen atoms in total. The minimum absolute atomic E-state index is 0.147. The maximum Gasteiger partial charge on any atom is 0.251 e. The van der Waals surface area contributed by atoms with Crippen LogP contribution < -0.4 is 5.32 Å². The maximum atomic E-state index is 12.7. The number of benzene rings is 1. The number of halogens is 1. The second-order valence-corrected chi connectivity index (χ2v) is 4.38. The Kier molecular flexibility index (Phi) is 3.89. The van der Waals surface area contributed by atoms with Crippen LogP contribution in [0.2, 0.25) is 0 Å². The fraction of sp³-hybridized carbons (Fsp3) is 0.308. The van der Waals surface area contributed by atoms with Crippen molar-refractivity contribution in [1.29, 1.82) is 0 Å². The lowest BCUT2D eigenvalue weighted by atomic mass is 10.2. The highest BCUT2D eigenvalue weighted by atomic mass is 19.1. The van der Waals surface area contributed by atoms with E-state index in [1.807, 2.05) is 13.8 Å². The molecule has 1 amide bonds. The zero-order chi connectivity index (χ0) is 13.8. The van der Waals surface area contributed by atoms with Gasteiger partial charge in [0.05, 0.1) is 6.54 Å². The van der Waals surface area contributed by atoms with Crippen molar-refractivity contribution in [1.82, 2.24) is 15.5 Å². The number of carbonyl (C=O) groups is 1. The van der Waals surface area contributed by atoms with Gasteiger partial charge in [-0.25, -0.2) is 4.39 Å². The predicted octanol–water partition coefficient (Wildman–Crippen LogP) is 2.26. The molecule has 1 aromatic heterocycles. The molecule has 0 aliphatic rings. The van der Waals surface area contributed by atoms with Gasteiger partial charge < -0.3 is 9.73 Å². The van der Waals surface area contributed by atoms with Gasteiger partial charge in [-0.05, 0) is 24.3 Å². The zero-order valence-corrected chi connectivity index (χ0v) is 10.7. The first-order valence-corrected chi connectivity index (χ1v) is 5.92. The minimum Gasteiger partial charge on any atom is -0.423 e. The van der Waals surface area contributed by atoms with Crippen LogP contribution in [-0.2, 0) is 6.54 Å². The van der Waals surface area contributed by atoms with Crippen LogP contribution in [0.15, 0.2) is 28.7 Å². The fourth-order valence-electron chi connectivity index (χ4n) is 1.43. The molecule has 0 unspecified atom stereocenters. The first-order valence-electron chi connectivity index (χ1n) is 5.92. The van der Waals surface area contributed by atoms with E-state index in [0.717, 1.165) is 0 Å². The smallest absolute Gasteiger partial charge is 0.251 e. The SMILES string of the molecule is CC(C)c1nnc(CNC(=O)c2ccc(F)cc2)o1. The molecule has 6 heteroatoms. The number of aromatic nitrogens is 2. The van der Waals surface area contributed by atoms with Crippen molar-refractivity contribution in [3.05, 3.63) is 47.4 Å². The van der Waals surface area contributed by atoms with Gasteiger partial charge in [0.1, 0.15) is 5.82 Å². The third-order valence-corrected chi connectivity index (χ3v) is 2.48. The molecule has 2 aromatic rings. The molecule has 0 radical (unpaired) electrons. The normalized spacial score (nSPS) is 10.7. The van der Waals surface area contributed by atoms with Crippen molar-refractivity contribution in [2.24, 2.45) is 0 Å². The van der Waals surface area contributed by atoms with Crippen molar-refractivity contribution in [2.45, 2.75) is 26.3 Å². The van der Waals surface area contributed by atoms with Crippen molar-refractivity contribution in [3.63, 3.8) is 0 Å². The lowest BCUT2D eigenvalue weighted by Gasteiger charge is -2.02. The summed E-state index contributed by atoms with van der Waals surface area (Å²) in [6.45, 7) is 4.03. The molecule has 0 saturated heterocycles. The predicted molar refractivity (Wildman–Crippen MR) is 66.0 cm³/mol. The van der Waals surface area contributed by atoms with Crippen molar-refractivity contribution >= 4 is 5.91 Å². The monoisotopic (exact) mass is 263 g/mol. The topological polar surface area (TPSA) is 68.0 Å². The summed E-state index contributed by atoms with van der Waals surface area (Å²) in [5.74, 6) is 0.332. The quantitative estimate of drug-likeness (QED) is 0.918. The Bertz CT molecular complexity index is 564. The highest BCUT2D eigenvalue weighted by Gasteiger charge is 2.11. The first kappa shape index (κ1) is 13.2. The van der Waals surface area contributed by atoms with E-state index in [-0.39, 0.29) is 24.2 Å². The van der Waals surface area contributed by atoms with Gasteiger partial charge in [-0.2, -0.15) is 0 Å². The van der Waals surface area contributed by atoms with Gasteiger partial charge in [0, 0.05) is 11.5 Å². The summed E-state index contributed by atoms with van der Waals surface area (Å²) >= 11 is 0. The lowest BCUT2D eigenvalue weighted by Crippen LogP contribution is -2.22. The molecule has 1 N–H and O–H groups in total. The summed E-state index contributed by atoms with van der Waals surface area (Å²) in [4.78, 5) is 11.7. The van der Waals surface area contributed by atoms with E-state index in [4.69, 9.17) is 4.42 Å². The zero-order valence-electron chi connectivity index (χ0n) is 10.7. The second-order valence-electron chi connectivity index (χ2n) is 4.38. The van der Waals surface area contributed by atoms with Crippen LogP contribution in [0.5, 0.6) is 0 Å². The molecule has 0 fully saturated rings. The highest BCUT2D eigenvalue weighted by Crippen LogP contribution is 2.11. The summed E-state index contributed by atoms with van der Waals surface area (Å²) in [6, 6.07) is 5.30.